The normalized spacial score (nSPS) is 21.1. The van der Waals surface area contributed by atoms with Gasteiger partial charge in [-0.25, -0.2) is 0 Å². The molecule has 2 aliphatic rings. The average Bonchev–Trinajstić information content (AvgIpc) is 3.56. The van der Waals surface area contributed by atoms with E-state index in [9.17, 15) is 9.59 Å². The molecule has 1 N–H and O–H groups in total. The summed E-state index contributed by atoms with van der Waals surface area (Å²) in [7, 11) is 0. The minimum atomic E-state index is -0.0745. The molecule has 5 nitrogen and oxygen atoms in total. The van der Waals surface area contributed by atoms with E-state index in [0.29, 0.717) is 13.1 Å². The van der Waals surface area contributed by atoms with Crippen LogP contribution < -0.4 is 5.32 Å². The molecule has 0 radical (unpaired) electrons. The highest BCUT2D eigenvalue weighted by atomic mass is 16.2. The molecule has 3 rings (SSSR count). The summed E-state index contributed by atoms with van der Waals surface area (Å²) < 4.78 is 0. The number of carbonyl (C=O) groups excluding carboxylic acids is 2. The van der Waals surface area contributed by atoms with Crippen LogP contribution in [-0.4, -0.2) is 54.3 Å². The van der Waals surface area contributed by atoms with Gasteiger partial charge < -0.3 is 10.2 Å². The fraction of sp³-hybridized carbons (Fsp3) is 0.636. The monoisotopic (exact) mass is 371 g/mol. The van der Waals surface area contributed by atoms with Crippen LogP contribution in [0.3, 0.4) is 0 Å². The first-order chi connectivity index (χ1) is 13.1. The Kier molecular flexibility index (Phi) is 6.89. The molecular weight excluding hydrogens is 338 g/mol. The lowest BCUT2D eigenvalue weighted by molar-refractivity contribution is -0.136. The van der Waals surface area contributed by atoms with E-state index in [-0.39, 0.29) is 29.7 Å². The highest BCUT2D eigenvalue weighted by Crippen LogP contribution is 2.32. The van der Waals surface area contributed by atoms with Crippen molar-refractivity contribution in [1.82, 2.24) is 15.1 Å². The van der Waals surface area contributed by atoms with Gasteiger partial charge in [-0.15, -0.1) is 0 Å². The summed E-state index contributed by atoms with van der Waals surface area (Å²) in [6.45, 7) is 8.21. The van der Waals surface area contributed by atoms with E-state index in [1.165, 1.54) is 5.56 Å². The number of nitrogens with zero attached hydrogens (tertiary/aromatic N) is 2. The predicted molar refractivity (Wildman–Crippen MR) is 107 cm³/mol. The number of carbonyl (C=O) groups is 2. The molecule has 1 aromatic carbocycles. The third-order valence-electron chi connectivity index (χ3n) is 5.94. The maximum absolute atomic E-state index is 12.8. The number of likely N-dealkylation sites (N-methyl/N-ethyl adjacent to an activating group) is 1. The minimum absolute atomic E-state index is 0.0745. The third-order valence-corrected chi connectivity index (χ3v) is 5.94. The molecule has 2 amide bonds. The molecule has 2 unspecified atom stereocenters. The largest absolute Gasteiger partial charge is 0.354 e. The van der Waals surface area contributed by atoms with Crippen LogP contribution in [0.25, 0.3) is 0 Å². The number of hydrogen-bond donors (Lipinski definition) is 1. The molecule has 0 spiro atoms. The lowest BCUT2D eigenvalue weighted by Gasteiger charge is -2.34. The first kappa shape index (κ1) is 19.9. The fourth-order valence-corrected chi connectivity index (χ4v) is 4.12. The molecule has 148 valence electrons. The third kappa shape index (κ3) is 5.10. The van der Waals surface area contributed by atoms with Crippen molar-refractivity contribution >= 4 is 11.8 Å². The summed E-state index contributed by atoms with van der Waals surface area (Å²) in [5, 5.41) is 3.19. The first-order valence-electron chi connectivity index (χ1n) is 10.5. The van der Waals surface area contributed by atoms with Crippen molar-refractivity contribution < 1.29 is 9.59 Å². The number of hydrogen-bond acceptors (Lipinski definition) is 3. The molecule has 2 atom stereocenters. The van der Waals surface area contributed by atoms with Crippen LogP contribution >= 0.6 is 0 Å². The van der Waals surface area contributed by atoms with Gasteiger partial charge in [-0.1, -0.05) is 44.2 Å². The van der Waals surface area contributed by atoms with Gasteiger partial charge in [-0.2, -0.15) is 0 Å². The molecule has 1 aliphatic carbocycles. The summed E-state index contributed by atoms with van der Waals surface area (Å²) in [6, 6.07) is 10.6. The highest BCUT2D eigenvalue weighted by molar-refractivity contribution is 5.83. The lowest BCUT2D eigenvalue weighted by atomic mass is 9.96. The number of benzene rings is 1. The Labute approximate surface area is 163 Å². The number of amides is 2. The average molecular weight is 372 g/mol. The van der Waals surface area contributed by atoms with Crippen LogP contribution in [0.2, 0.25) is 0 Å². The van der Waals surface area contributed by atoms with E-state index < -0.39 is 0 Å². The second-order valence-electron chi connectivity index (χ2n) is 7.79. The van der Waals surface area contributed by atoms with Gasteiger partial charge in [0.25, 0.3) is 0 Å². The Bertz CT molecular complexity index is 626. The van der Waals surface area contributed by atoms with Gasteiger partial charge in [0.15, 0.2) is 0 Å². The van der Waals surface area contributed by atoms with E-state index in [4.69, 9.17) is 0 Å². The van der Waals surface area contributed by atoms with Crippen molar-refractivity contribution in [1.29, 1.82) is 0 Å². The van der Waals surface area contributed by atoms with E-state index >= 15 is 0 Å². The molecule has 1 heterocycles. The second-order valence-corrected chi connectivity index (χ2v) is 7.79. The molecule has 0 aromatic heterocycles. The smallest absolute Gasteiger partial charge is 0.225 e. The van der Waals surface area contributed by atoms with Crippen LogP contribution in [-0.2, 0) is 9.59 Å². The molecule has 0 bridgehead atoms. The molecular formula is C22H33N3O2. The molecule has 1 saturated heterocycles. The Morgan fingerprint density at radius 3 is 2.44 bits per heavy atom. The van der Waals surface area contributed by atoms with Gasteiger partial charge in [0.05, 0.1) is 12.0 Å². The maximum Gasteiger partial charge on any atom is 0.225 e. The molecule has 2 fully saturated rings. The Balaban J connectivity index is 1.59. The van der Waals surface area contributed by atoms with Crippen LogP contribution in [0, 0.1) is 11.8 Å². The van der Waals surface area contributed by atoms with Crippen molar-refractivity contribution in [2.45, 2.75) is 45.6 Å². The van der Waals surface area contributed by atoms with Gasteiger partial charge in [-0.05, 0) is 44.3 Å². The molecule has 27 heavy (non-hydrogen) atoms. The predicted octanol–water partition coefficient (Wildman–Crippen LogP) is 2.83. The number of nitrogens with one attached hydrogen (secondary N) is 1. The molecule has 1 aliphatic heterocycles. The zero-order chi connectivity index (χ0) is 19.2. The van der Waals surface area contributed by atoms with Crippen LogP contribution in [0.4, 0.5) is 0 Å². The number of likely N-dealkylation sites (tertiary alicyclic amines) is 1. The topological polar surface area (TPSA) is 52.7 Å². The van der Waals surface area contributed by atoms with Crippen molar-refractivity contribution in [3.8, 4) is 0 Å². The Hall–Kier alpha value is -1.88. The zero-order valence-corrected chi connectivity index (χ0v) is 16.7. The molecule has 1 aromatic rings. The lowest BCUT2D eigenvalue weighted by Crippen LogP contribution is -2.47. The fourth-order valence-electron chi connectivity index (χ4n) is 4.12. The maximum atomic E-state index is 12.8. The van der Waals surface area contributed by atoms with Crippen LogP contribution in [0.1, 0.15) is 51.1 Å². The Morgan fingerprint density at radius 1 is 1.11 bits per heavy atom. The summed E-state index contributed by atoms with van der Waals surface area (Å²) in [6.07, 6.45) is 3.85. The van der Waals surface area contributed by atoms with E-state index in [0.717, 1.165) is 45.3 Å². The summed E-state index contributed by atoms with van der Waals surface area (Å²) in [4.78, 5) is 29.4. The van der Waals surface area contributed by atoms with Crippen molar-refractivity contribution in [3.05, 3.63) is 35.9 Å². The zero-order valence-electron chi connectivity index (χ0n) is 16.7. The van der Waals surface area contributed by atoms with Gasteiger partial charge in [0, 0.05) is 25.6 Å². The summed E-state index contributed by atoms with van der Waals surface area (Å²) in [5.41, 5.74) is 1.23. The highest BCUT2D eigenvalue weighted by Gasteiger charge is 2.36. The molecule has 1 saturated carbocycles. The van der Waals surface area contributed by atoms with E-state index in [1.54, 1.807) is 0 Å². The second kappa shape index (κ2) is 9.36. The van der Waals surface area contributed by atoms with Crippen molar-refractivity contribution in [2.24, 2.45) is 11.8 Å². The van der Waals surface area contributed by atoms with Crippen molar-refractivity contribution in [3.63, 3.8) is 0 Å². The SMILES string of the molecule is CCN(CC)C(CNC(=O)C1CCCN(C(=O)C2CC2)C1)c1ccccc1. The quantitative estimate of drug-likeness (QED) is 0.764. The Morgan fingerprint density at radius 2 is 1.81 bits per heavy atom. The van der Waals surface area contributed by atoms with E-state index in [1.807, 2.05) is 11.0 Å². The van der Waals surface area contributed by atoms with Gasteiger partial charge in [0.1, 0.15) is 0 Å². The van der Waals surface area contributed by atoms with Gasteiger partial charge in [-0.3, -0.25) is 14.5 Å². The number of rotatable bonds is 8. The standard InChI is InChI=1S/C22H33N3O2/c1-3-24(4-2)20(17-9-6-5-7-10-17)15-23-21(26)19-11-8-14-25(16-19)22(27)18-12-13-18/h5-7,9-10,18-20H,3-4,8,11-16H2,1-2H3,(H,23,26). The number of piperidine rings is 1. The van der Waals surface area contributed by atoms with Crippen LogP contribution in [0.15, 0.2) is 30.3 Å². The van der Waals surface area contributed by atoms with E-state index in [2.05, 4.69) is 48.3 Å². The minimum Gasteiger partial charge on any atom is -0.354 e. The van der Waals surface area contributed by atoms with Crippen molar-refractivity contribution in [2.75, 3.05) is 32.7 Å². The van der Waals surface area contributed by atoms with Gasteiger partial charge >= 0.3 is 0 Å². The first-order valence-corrected chi connectivity index (χ1v) is 10.5. The molecule has 5 heteroatoms. The van der Waals surface area contributed by atoms with Gasteiger partial charge in [0.2, 0.25) is 11.8 Å². The summed E-state index contributed by atoms with van der Waals surface area (Å²) in [5.74, 6) is 0.515. The summed E-state index contributed by atoms with van der Waals surface area (Å²) >= 11 is 0. The van der Waals surface area contributed by atoms with Crippen LogP contribution in [0.5, 0.6) is 0 Å².